The lowest BCUT2D eigenvalue weighted by Gasteiger charge is -2.13. The van der Waals surface area contributed by atoms with Crippen LogP contribution in [0.5, 0.6) is 0 Å². The molecule has 1 atom stereocenters. The molecular weight excluding hydrogens is 222 g/mol. The molecular formula is C12H19NO2S. The highest BCUT2D eigenvalue weighted by Crippen LogP contribution is 2.15. The van der Waals surface area contributed by atoms with Crippen LogP contribution in [0.4, 0.5) is 0 Å². The molecule has 0 bridgehead atoms. The van der Waals surface area contributed by atoms with Crippen LogP contribution in [0.2, 0.25) is 0 Å². The highest BCUT2D eigenvalue weighted by molar-refractivity contribution is 7.90. The van der Waals surface area contributed by atoms with Gasteiger partial charge in [-0.1, -0.05) is 19.1 Å². The van der Waals surface area contributed by atoms with Gasteiger partial charge in [-0.3, -0.25) is 0 Å². The molecule has 1 rings (SSSR count). The predicted molar refractivity (Wildman–Crippen MR) is 66.3 cm³/mol. The van der Waals surface area contributed by atoms with Crippen molar-refractivity contribution in [3.05, 3.63) is 29.8 Å². The SMILES string of the molecule is CCCNC(C)c1ccc(S(C)(=O)=O)cc1. The monoisotopic (exact) mass is 241 g/mol. The lowest BCUT2D eigenvalue weighted by molar-refractivity contribution is 0.570. The van der Waals surface area contributed by atoms with Crippen LogP contribution < -0.4 is 5.32 Å². The number of sulfone groups is 1. The quantitative estimate of drug-likeness (QED) is 0.859. The lowest BCUT2D eigenvalue weighted by atomic mass is 10.1. The Morgan fingerprint density at radius 1 is 1.25 bits per heavy atom. The minimum atomic E-state index is -3.08. The fourth-order valence-electron chi connectivity index (χ4n) is 1.48. The first-order chi connectivity index (χ1) is 7.45. The summed E-state index contributed by atoms with van der Waals surface area (Å²) in [5.41, 5.74) is 1.11. The lowest BCUT2D eigenvalue weighted by Crippen LogP contribution is -2.19. The van der Waals surface area contributed by atoms with Crippen molar-refractivity contribution in [1.82, 2.24) is 5.32 Å². The summed E-state index contributed by atoms with van der Waals surface area (Å²) in [5, 5.41) is 3.36. The van der Waals surface area contributed by atoms with Gasteiger partial charge < -0.3 is 5.32 Å². The zero-order valence-corrected chi connectivity index (χ0v) is 10.8. The maximum absolute atomic E-state index is 11.3. The predicted octanol–water partition coefficient (Wildman–Crippen LogP) is 2.15. The molecule has 0 aliphatic rings. The summed E-state index contributed by atoms with van der Waals surface area (Å²) in [6, 6.07) is 7.31. The van der Waals surface area contributed by atoms with Crippen molar-refractivity contribution in [2.45, 2.75) is 31.2 Å². The first kappa shape index (κ1) is 13.2. The number of nitrogens with one attached hydrogen (secondary N) is 1. The van der Waals surface area contributed by atoms with Crippen LogP contribution in [0.25, 0.3) is 0 Å². The normalized spacial score (nSPS) is 13.7. The van der Waals surface area contributed by atoms with E-state index in [9.17, 15) is 8.42 Å². The van der Waals surface area contributed by atoms with E-state index >= 15 is 0 Å². The van der Waals surface area contributed by atoms with Gasteiger partial charge in [-0.25, -0.2) is 8.42 Å². The second-order valence-electron chi connectivity index (χ2n) is 4.02. The van der Waals surface area contributed by atoms with Gasteiger partial charge in [0.05, 0.1) is 4.90 Å². The molecule has 1 N–H and O–H groups in total. The fraction of sp³-hybridized carbons (Fsp3) is 0.500. The Balaban J connectivity index is 2.79. The zero-order valence-electron chi connectivity index (χ0n) is 10.0. The second-order valence-corrected chi connectivity index (χ2v) is 6.03. The Labute approximate surface area is 97.8 Å². The van der Waals surface area contributed by atoms with Crippen LogP contribution in [0.15, 0.2) is 29.2 Å². The van der Waals surface area contributed by atoms with Gasteiger partial charge in [0.25, 0.3) is 0 Å². The standard InChI is InChI=1S/C12H19NO2S/c1-4-9-13-10(2)11-5-7-12(8-6-11)16(3,14)15/h5-8,10,13H,4,9H2,1-3H3. The maximum Gasteiger partial charge on any atom is 0.175 e. The van der Waals surface area contributed by atoms with Crippen molar-refractivity contribution >= 4 is 9.84 Å². The molecule has 1 aromatic rings. The van der Waals surface area contributed by atoms with Crippen molar-refractivity contribution in [3.63, 3.8) is 0 Å². The molecule has 0 aromatic heterocycles. The highest BCUT2D eigenvalue weighted by atomic mass is 32.2. The third kappa shape index (κ3) is 3.61. The zero-order chi connectivity index (χ0) is 12.2. The van der Waals surface area contributed by atoms with E-state index in [1.807, 2.05) is 12.1 Å². The van der Waals surface area contributed by atoms with Gasteiger partial charge in [0, 0.05) is 12.3 Å². The molecule has 0 fully saturated rings. The molecule has 0 amide bonds. The summed E-state index contributed by atoms with van der Waals surface area (Å²) in [6.45, 7) is 5.16. The Morgan fingerprint density at radius 2 is 1.81 bits per heavy atom. The van der Waals surface area contributed by atoms with E-state index in [4.69, 9.17) is 0 Å². The van der Waals surface area contributed by atoms with Crippen LogP contribution >= 0.6 is 0 Å². The van der Waals surface area contributed by atoms with Crippen LogP contribution in [0.1, 0.15) is 31.9 Å². The van der Waals surface area contributed by atoms with Gasteiger partial charge in [-0.05, 0) is 37.6 Å². The molecule has 0 saturated heterocycles. The summed E-state index contributed by atoms with van der Waals surface area (Å²) in [7, 11) is -3.08. The van der Waals surface area contributed by atoms with Gasteiger partial charge >= 0.3 is 0 Å². The summed E-state index contributed by atoms with van der Waals surface area (Å²) in [6.07, 6.45) is 2.31. The molecule has 0 aliphatic carbocycles. The van der Waals surface area contributed by atoms with E-state index in [0.29, 0.717) is 4.90 Å². The molecule has 0 aliphatic heterocycles. The third-order valence-corrected chi connectivity index (χ3v) is 3.64. The molecule has 1 unspecified atom stereocenters. The van der Waals surface area contributed by atoms with Crippen LogP contribution in [0, 0.1) is 0 Å². The van der Waals surface area contributed by atoms with E-state index in [0.717, 1.165) is 18.5 Å². The Kier molecular flexibility index (Phi) is 4.50. The molecule has 0 radical (unpaired) electrons. The third-order valence-electron chi connectivity index (χ3n) is 2.51. The van der Waals surface area contributed by atoms with Gasteiger partial charge in [-0.15, -0.1) is 0 Å². The average molecular weight is 241 g/mol. The molecule has 0 spiro atoms. The van der Waals surface area contributed by atoms with E-state index in [-0.39, 0.29) is 6.04 Å². The Bertz CT molecular complexity index is 423. The Hall–Kier alpha value is -0.870. The topological polar surface area (TPSA) is 46.2 Å². The average Bonchev–Trinajstić information content (AvgIpc) is 2.25. The number of hydrogen-bond donors (Lipinski definition) is 1. The summed E-state index contributed by atoms with van der Waals surface area (Å²) in [5.74, 6) is 0. The molecule has 1 aromatic carbocycles. The van der Waals surface area contributed by atoms with E-state index in [2.05, 4.69) is 19.2 Å². The Morgan fingerprint density at radius 3 is 2.25 bits per heavy atom. The summed E-state index contributed by atoms with van der Waals surface area (Å²) in [4.78, 5) is 0.374. The van der Waals surface area contributed by atoms with Crippen molar-refractivity contribution in [2.75, 3.05) is 12.8 Å². The largest absolute Gasteiger partial charge is 0.310 e. The van der Waals surface area contributed by atoms with Crippen molar-refractivity contribution in [1.29, 1.82) is 0 Å². The molecule has 4 heteroatoms. The number of benzene rings is 1. The minimum Gasteiger partial charge on any atom is -0.310 e. The van der Waals surface area contributed by atoms with Crippen LogP contribution in [-0.4, -0.2) is 21.2 Å². The summed E-state index contributed by atoms with van der Waals surface area (Å²) >= 11 is 0. The smallest absolute Gasteiger partial charge is 0.175 e. The molecule has 16 heavy (non-hydrogen) atoms. The molecule has 0 saturated carbocycles. The van der Waals surface area contributed by atoms with Crippen LogP contribution in [-0.2, 0) is 9.84 Å². The van der Waals surface area contributed by atoms with Gasteiger partial charge in [0.2, 0.25) is 0 Å². The number of rotatable bonds is 5. The van der Waals surface area contributed by atoms with Gasteiger partial charge in [0.1, 0.15) is 0 Å². The van der Waals surface area contributed by atoms with Crippen molar-refractivity contribution in [2.24, 2.45) is 0 Å². The molecule has 3 nitrogen and oxygen atoms in total. The van der Waals surface area contributed by atoms with E-state index in [1.54, 1.807) is 12.1 Å². The second kappa shape index (κ2) is 5.46. The highest BCUT2D eigenvalue weighted by Gasteiger charge is 2.08. The van der Waals surface area contributed by atoms with Crippen LogP contribution in [0.3, 0.4) is 0 Å². The first-order valence-corrected chi connectivity index (χ1v) is 7.37. The number of hydrogen-bond acceptors (Lipinski definition) is 3. The van der Waals surface area contributed by atoms with E-state index in [1.165, 1.54) is 6.26 Å². The maximum atomic E-state index is 11.3. The van der Waals surface area contributed by atoms with E-state index < -0.39 is 9.84 Å². The van der Waals surface area contributed by atoms with Gasteiger partial charge in [0.15, 0.2) is 9.84 Å². The van der Waals surface area contributed by atoms with Crippen molar-refractivity contribution in [3.8, 4) is 0 Å². The summed E-state index contributed by atoms with van der Waals surface area (Å²) < 4.78 is 22.5. The molecule has 0 heterocycles. The van der Waals surface area contributed by atoms with Crippen molar-refractivity contribution < 1.29 is 8.42 Å². The first-order valence-electron chi connectivity index (χ1n) is 5.48. The minimum absolute atomic E-state index is 0.258. The van der Waals surface area contributed by atoms with Gasteiger partial charge in [-0.2, -0.15) is 0 Å². The fourth-order valence-corrected chi connectivity index (χ4v) is 2.11. The molecule has 90 valence electrons.